The molecule has 3 aromatic rings. The fourth-order valence-corrected chi connectivity index (χ4v) is 3.81. The van der Waals surface area contributed by atoms with Gasteiger partial charge in [-0.15, -0.1) is 0 Å². The summed E-state index contributed by atoms with van der Waals surface area (Å²) >= 11 is 1.39. The van der Waals surface area contributed by atoms with Gasteiger partial charge in [0.25, 0.3) is 11.8 Å². The van der Waals surface area contributed by atoms with Crippen LogP contribution in [0, 0.1) is 0 Å². The largest absolute Gasteiger partial charge is 0.467 e. The van der Waals surface area contributed by atoms with Crippen LogP contribution in [-0.2, 0) is 6.54 Å². The molecule has 0 atom stereocenters. The van der Waals surface area contributed by atoms with Gasteiger partial charge in [0.1, 0.15) is 10.8 Å². The molecular weight excluding hydrogens is 350 g/mol. The quantitative estimate of drug-likeness (QED) is 0.770. The number of nitrogens with one attached hydrogen (secondary N) is 1. The number of carbonyl (C=O) groups is 2. The van der Waals surface area contributed by atoms with Crippen molar-refractivity contribution in [1.82, 2.24) is 10.3 Å². The number of hydrogen-bond acceptors (Lipinski definition) is 5. The van der Waals surface area contributed by atoms with Gasteiger partial charge < -0.3 is 14.6 Å². The minimum atomic E-state index is -0.204. The summed E-state index contributed by atoms with van der Waals surface area (Å²) in [5, 5.41) is 3.46. The zero-order chi connectivity index (χ0) is 18.1. The molecule has 0 radical (unpaired) electrons. The molecule has 26 heavy (non-hydrogen) atoms. The molecule has 1 aliphatic heterocycles. The average Bonchev–Trinajstić information content (AvgIpc) is 3.15. The highest BCUT2D eigenvalue weighted by atomic mass is 32.2. The van der Waals surface area contributed by atoms with E-state index in [1.54, 1.807) is 66.9 Å². The molecule has 0 fully saturated rings. The molecule has 0 saturated heterocycles. The van der Waals surface area contributed by atoms with Crippen molar-refractivity contribution in [2.24, 2.45) is 0 Å². The molecule has 2 aromatic heterocycles. The van der Waals surface area contributed by atoms with E-state index in [1.807, 2.05) is 0 Å². The van der Waals surface area contributed by atoms with E-state index in [4.69, 9.17) is 4.42 Å². The third kappa shape index (κ3) is 2.97. The maximum Gasteiger partial charge on any atom is 0.260 e. The minimum absolute atomic E-state index is 0.116. The Hall–Kier alpha value is -3.06. The van der Waals surface area contributed by atoms with Gasteiger partial charge in [-0.25, -0.2) is 4.98 Å². The summed E-state index contributed by atoms with van der Waals surface area (Å²) in [5.41, 5.74) is 1.82. The van der Waals surface area contributed by atoms with Gasteiger partial charge in [0.05, 0.1) is 24.1 Å². The fourth-order valence-electron chi connectivity index (χ4n) is 2.73. The molecule has 2 amide bonds. The number of aromatic nitrogens is 1. The molecule has 0 spiro atoms. The van der Waals surface area contributed by atoms with Crippen LogP contribution in [0.4, 0.5) is 5.69 Å². The van der Waals surface area contributed by atoms with E-state index in [-0.39, 0.29) is 11.8 Å². The highest BCUT2D eigenvalue weighted by molar-refractivity contribution is 7.99. The summed E-state index contributed by atoms with van der Waals surface area (Å²) in [4.78, 5) is 31.8. The van der Waals surface area contributed by atoms with Crippen molar-refractivity contribution in [1.29, 1.82) is 0 Å². The van der Waals surface area contributed by atoms with E-state index in [1.165, 1.54) is 11.8 Å². The number of benzene rings is 1. The van der Waals surface area contributed by atoms with Gasteiger partial charge in [0.2, 0.25) is 0 Å². The van der Waals surface area contributed by atoms with Gasteiger partial charge in [0, 0.05) is 23.7 Å². The van der Waals surface area contributed by atoms with Gasteiger partial charge in [0.15, 0.2) is 0 Å². The van der Waals surface area contributed by atoms with Crippen LogP contribution in [0.1, 0.15) is 26.5 Å². The van der Waals surface area contributed by atoms with Crippen LogP contribution in [0.25, 0.3) is 0 Å². The lowest BCUT2D eigenvalue weighted by atomic mass is 10.1. The molecule has 7 heteroatoms. The molecule has 1 N–H and O–H groups in total. The summed E-state index contributed by atoms with van der Waals surface area (Å²) in [6.45, 7) is 0.318. The van der Waals surface area contributed by atoms with Gasteiger partial charge in [-0.1, -0.05) is 11.8 Å². The van der Waals surface area contributed by atoms with Gasteiger partial charge in [-0.2, -0.15) is 0 Å². The SMILES string of the molecule is CN1C(=O)c2cccnc2Sc2cc(C(=O)NCc3ccco3)ccc21. The van der Waals surface area contributed by atoms with Crippen molar-refractivity contribution in [3.05, 3.63) is 71.8 Å². The van der Waals surface area contributed by atoms with Crippen molar-refractivity contribution in [2.45, 2.75) is 16.5 Å². The molecule has 0 aliphatic carbocycles. The number of furan rings is 1. The van der Waals surface area contributed by atoms with E-state index in [9.17, 15) is 9.59 Å². The van der Waals surface area contributed by atoms with Crippen LogP contribution in [0.5, 0.6) is 0 Å². The molecule has 0 bridgehead atoms. The van der Waals surface area contributed by atoms with Crippen molar-refractivity contribution in [3.63, 3.8) is 0 Å². The first kappa shape index (κ1) is 16.4. The Kier molecular flexibility index (Phi) is 4.22. The van der Waals surface area contributed by atoms with Gasteiger partial charge >= 0.3 is 0 Å². The van der Waals surface area contributed by atoms with Gasteiger partial charge in [-0.3, -0.25) is 9.59 Å². The lowest BCUT2D eigenvalue weighted by Gasteiger charge is -2.17. The second-order valence-corrected chi connectivity index (χ2v) is 6.80. The summed E-state index contributed by atoms with van der Waals surface area (Å²) < 4.78 is 5.22. The van der Waals surface area contributed by atoms with E-state index in [2.05, 4.69) is 10.3 Å². The predicted octanol–water partition coefficient (Wildman–Crippen LogP) is 3.35. The van der Waals surface area contributed by atoms with Gasteiger partial charge in [-0.05, 0) is 42.5 Å². The first-order valence-electron chi connectivity index (χ1n) is 7.99. The second-order valence-electron chi connectivity index (χ2n) is 5.77. The number of amides is 2. The first-order chi connectivity index (χ1) is 12.6. The smallest absolute Gasteiger partial charge is 0.260 e. The Labute approximate surface area is 154 Å². The number of hydrogen-bond donors (Lipinski definition) is 1. The summed E-state index contributed by atoms with van der Waals surface area (Å²) in [5.74, 6) is 0.365. The Bertz CT molecular complexity index is 985. The molecule has 1 aliphatic rings. The first-order valence-corrected chi connectivity index (χ1v) is 8.80. The van der Waals surface area contributed by atoms with Crippen molar-refractivity contribution in [2.75, 3.05) is 11.9 Å². The van der Waals surface area contributed by atoms with Crippen molar-refractivity contribution in [3.8, 4) is 0 Å². The Morgan fingerprint density at radius 2 is 2.15 bits per heavy atom. The van der Waals surface area contributed by atoms with E-state index >= 15 is 0 Å². The number of fused-ring (bicyclic) bond motifs is 2. The predicted molar refractivity (Wildman–Crippen MR) is 97.4 cm³/mol. The highest BCUT2D eigenvalue weighted by Gasteiger charge is 2.26. The number of rotatable bonds is 3. The Morgan fingerprint density at radius 3 is 2.96 bits per heavy atom. The lowest BCUT2D eigenvalue weighted by Crippen LogP contribution is -2.26. The summed E-state index contributed by atoms with van der Waals surface area (Å²) in [6, 6.07) is 12.4. The number of pyridine rings is 1. The molecular formula is C19H15N3O3S. The summed E-state index contributed by atoms with van der Waals surface area (Å²) in [6.07, 6.45) is 3.22. The highest BCUT2D eigenvalue weighted by Crippen LogP contribution is 2.40. The zero-order valence-electron chi connectivity index (χ0n) is 13.9. The maximum absolute atomic E-state index is 12.6. The molecule has 3 heterocycles. The van der Waals surface area contributed by atoms with E-state index in [0.29, 0.717) is 28.5 Å². The zero-order valence-corrected chi connectivity index (χ0v) is 14.7. The fraction of sp³-hybridized carbons (Fsp3) is 0.105. The van der Waals surface area contributed by atoms with Crippen LogP contribution >= 0.6 is 11.8 Å². The van der Waals surface area contributed by atoms with E-state index < -0.39 is 0 Å². The van der Waals surface area contributed by atoms with Crippen molar-refractivity contribution >= 4 is 29.3 Å². The van der Waals surface area contributed by atoms with Crippen LogP contribution in [0.2, 0.25) is 0 Å². The van der Waals surface area contributed by atoms with Crippen molar-refractivity contribution < 1.29 is 14.0 Å². The standard InChI is InChI=1S/C19H15N3O3S/c1-22-15-7-6-12(17(23)21-11-13-4-3-9-25-13)10-16(15)26-18-14(19(22)24)5-2-8-20-18/h2-10H,11H2,1H3,(H,21,23). The van der Waals surface area contributed by atoms with Crippen LogP contribution in [-0.4, -0.2) is 23.8 Å². The maximum atomic E-state index is 12.6. The van der Waals surface area contributed by atoms with Crippen LogP contribution in [0.3, 0.4) is 0 Å². The number of carbonyl (C=O) groups excluding carboxylic acids is 2. The van der Waals surface area contributed by atoms with E-state index in [0.717, 1.165) is 10.6 Å². The topological polar surface area (TPSA) is 75.4 Å². The molecule has 1 aromatic carbocycles. The molecule has 0 saturated carbocycles. The third-order valence-corrected chi connectivity index (χ3v) is 5.17. The molecule has 130 valence electrons. The Balaban J connectivity index is 1.63. The molecule has 4 rings (SSSR count). The summed E-state index contributed by atoms with van der Waals surface area (Å²) in [7, 11) is 1.72. The lowest BCUT2D eigenvalue weighted by molar-refractivity contribution is 0.0947. The average molecular weight is 365 g/mol. The Morgan fingerprint density at radius 1 is 1.27 bits per heavy atom. The van der Waals surface area contributed by atoms with Crippen LogP contribution in [0.15, 0.2) is 69.3 Å². The molecule has 6 nitrogen and oxygen atoms in total. The third-order valence-electron chi connectivity index (χ3n) is 4.10. The normalized spacial score (nSPS) is 13.0. The minimum Gasteiger partial charge on any atom is -0.467 e. The monoisotopic (exact) mass is 365 g/mol. The number of nitrogens with zero attached hydrogens (tertiary/aromatic N) is 2. The molecule has 0 unspecified atom stereocenters. The van der Waals surface area contributed by atoms with Crippen LogP contribution < -0.4 is 10.2 Å². The second kappa shape index (κ2) is 6.68. The number of anilines is 1.